The maximum Gasteiger partial charge on any atom is 0.117 e. The second-order valence-electron chi connectivity index (χ2n) is 3.26. The van der Waals surface area contributed by atoms with Crippen molar-refractivity contribution in [3.05, 3.63) is 28.8 Å². The fraction of sp³-hybridized carbons (Fsp3) is 0.400. The predicted molar refractivity (Wildman–Crippen MR) is 56.3 cm³/mol. The summed E-state index contributed by atoms with van der Waals surface area (Å²) in [7, 11) is 0. The average Bonchev–Trinajstić information content (AvgIpc) is 2.14. The molecule has 4 N–H and O–H groups in total. The van der Waals surface area contributed by atoms with Crippen molar-refractivity contribution in [2.45, 2.75) is 25.5 Å². The lowest BCUT2D eigenvalue weighted by molar-refractivity contribution is 0.144. The molecule has 0 heterocycles. The zero-order chi connectivity index (χ0) is 10.7. The van der Waals surface area contributed by atoms with Crippen LogP contribution in [0.5, 0.6) is 5.75 Å². The number of rotatable bonds is 3. The minimum atomic E-state index is -0.787. The molecular formula is C10H14ClNO2. The van der Waals surface area contributed by atoms with Gasteiger partial charge in [-0.05, 0) is 30.2 Å². The van der Waals surface area contributed by atoms with E-state index in [0.29, 0.717) is 17.0 Å². The maximum atomic E-state index is 9.74. The molecule has 14 heavy (non-hydrogen) atoms. The third-order valence-corrected chi connectivity index (χ3v) is 2.34. The first-order valence-corrected chi connectivity index (χ1v) is 4.85. The van der Waals surface area contributed by atoms with Crippen molar-refractivity contribution >= 4 is 11.6 Å². The van der Waals surface area contributed by atoms with Crippen molar-refractivity contribution < 1.29 is 10.2 Å². The Kier molecular flexibility index (Phi) is 3.75. The van der Waals surface area contributed by atoms with Crippen molar-refractivity contribution in [2.75, 3.05) is 0 Å². The summed E-state index contributed by atoms with van der Waals surface area (Å²) in [6.07, 6.45) is -0.126. The molecule has 0 bridgehead atoms. The van der Waals surface area contributed by atoms with Crippen molar-refractivity contribution in [2.24, 2.45) is 5.73 Å². The number of aromatic hydroxyl groups is 1. The van der Waals surface area contributed by atoms with E-state index in [4.69, 9.17) is 17.3 Å². The molecule has 78 valence electrons. The van der Waals surface area contributed by atoms with E-state index in [-0.39, 0.29) is 11.8 Å². The van der Waals surface area contributed by atoms with Gasteiger partial charge >= 0.3 is 0 Å². The monoisotopic (exact) mass is 215 g/mol. The van der Waals surface area contributed by atoms with Crippen LogP contribution in [0.15, 0.2) is 18.2 Å². The first-order valence-electron chi connectivity index (χ1n) is 4.47. The number of phenolic OH excluding ortho intramolecular Hbond substituents is 1. The smallest absolute Gasteiger partial charge is 0.117 e. The minimum Gasteiger partial charge on any atom is -0.508 e. The Morgan fingerprint density at radius 3 is 2.57 bits per heavy atom. The van der Waals surface area contributed by atoms with Gasteiger partial charge in [0.2, 0.25) is 0 Å². The van der Waals surface area contributed by atoms with Crippen molar-refractivity contribution in [1.29, 1.82) is 0 Å². The summed E-state index contributed by atoms with van der Waals surface area (Å²) in [5.74, 6) is 0.0369. The molecular weight excluding hydrogens is 202 g/mol. The summed E-state index contributed by atoms with van der Waals surface area (Å²) in [6.45, 7) is 1.89. The molecule has 0 aliphatic heterocycles. The van der Waals surface area contributed by atoms with Crippen LogP contribution in [0.4, 0.5) is 0 Å². The van der Waals surface area contributed by atoms with Crippen LogP contribution < -0.4 is 5.73 Å². The van der Waals surface area contributed by atoms with Gasteiger partial charge in [-0.1, -0.05) is 18.5 Å². The molecule has 1 aromatic carbocycles. The average molecular weight is 216 g/mol. The minimum absolute atomic E-state index is 0.0369. The summed E-state index contributed by atoms with van der Waals surface area (Å²) < 4.78 is 0. The van der Waals surface area contributed by atoms with Gasteiger partial charge in [0.1, 0.15) is 5.75 Å². The standard InChI is InChI=1S/C10H14ClNO2/c1-2-9(12)10(14)6-3-7(11)5-8(13)4-6/h3-5,9-10,13-14H,2,12H2,1H3/t9-,10-/m1/s1. The van der Waals surface area contributed by atoms with Crippen LogP contribution >= 0.6 is 11.6 Å². The van der Waals surface area contributed by atoms with Crippen LogP contribution in [-0.4, -0.2) is 16.3 Å². The molecule has 0 spiro atoms. The molecule has 0 fully saturated rings. The number of aliphatic hydroxyl groups is 1. The zero-order valence-corrected chi connectivity index (χ0v) is 8.70. The lowest BCUT2D eigenvalue weighted by Crippen LogP contribution is -2.27. The Bertz CT molecular complexity index is 297. The second-order valence-corrected chi connectivity index (χ2v) is 3.70. The third-order valence-electron chi connectivity index (χ3n) is 2.12. The van der Waals surface area contributed by atoms with Crippen LogP contribution in [0.2, 0.25) is 5.02 Å². The molecule has 0 unspecified atom stereocenters. The number of hydrogen-bond donors (Lipinski definition) is 3. The van der Waals surface area contributed by atoms with Crippen molar-refractivity contribution in [3.63, 3.8) is 0 Å². The van der Waals surface area contributed by atoms with Gasteiger partial charge in [-0.25, -0.2) is 0 Å². The summed E-state index contributed by atoms with van der Waals surface area (Å²) in [5, 5.41) is 19.4. The van der Waals surface area contributed by atoms with Crippen molar-refractivity contribution in [1.82, 2.24) is 0 Å². The van der Waals surface area contributed by atoms with E-state index in [2.05, 4.69) is 0 Å². The molecule has 4 heteroatoms. The molecule has 2 atom stereocenters. The molecule has 3 nitrogen and oxygen atoms in total. The Morgan fingerprint density at radius 2 is 2.07 bits per heavy atom. The third kappa shape index (κ3) is 2.61. The van der Waals surface area contributed by atoms with E-state index in [1.165, 1.54) is 12.1 Å². The topological polar surface area (TPSA) is 66.5 Å². The van der Waals surface area contributed by atoms with Gasteiger partial charge in [0.25, 0.3) is 0 Å². The Labute approximate surface area is 88.1 Å². The lowest BCUT2D eigenvalue weighted by Gasteiger charge is -2.17. The van der Waals surface area contributed by atoms with Crippen molar-refractivity contribution in [3.8, 4) is 5.75 Å². The highest BCUT2D eigenvalue weighted by Crippen LogP contribution is 2.25. The van der Waals surface area contributed by atoms with Gasteiger partial charge in [0.15, 0.2) is 0 Å². The number of nitrogens with two attached hydrogens (primary N) is 1. The van der Waals surface area contributed by atoms with Gasteiger partial charge in [0.05, 0.1) is 6.10 Å². The van der Waals surface area contributed by atoms with E-state index < -0.39 is 6.10 Å². The Balaban J connectivity index is 2.94. The Morgan fingerprint density at radius 1 is 1.43 bits per heavy atom. The second kappa shape index (κ2) is 4.64. The predicted octanol–water partition coefficient (Wildman–Crippen LogP) is 1.82. The molecule has 1 rings (SSSR count). The number of hydrogen-bond acceptors (Lipinski definition) is 3. The first kappa shape index (κ1) is 11.3. The molecule has 0 radical (unpaired) electrons. The number of aliphatic hydroxyl groups excluding tert-OH is 1. The number of phenols is 1. The highest BCUT2D eigenvalue weighted by molar-refractivity contribution is 6.30. The fourth-order valence-corrected chi connectivity index (χ4v) is 1.48. The van der Waals surface area contributed by atoms with Crippen LogP contribution in [0.1, 0.15) is 25.0 Å². The molecule has 0 amide bonds. The molecule has 0 aliphatic carbocycles. The molecule has 1 aromatic rings. The van der Waals surface area contributed by atoms with Gasteiger partial charge in [-0.3, -0.25) is 0 Å². The van der Waals surface area contributed by atoms with Crippen LogP contribution in [-0.2, 0) is 0 Å². The molecule has 0 saturated carbocycles. The number of halogens is 1. The zero-order valence-electron chi connectivity index (χ0n) is 7.94. The van der Waals surface area contributed by atoms with Gasteiger partial charge < -0.3 is 15.9 Å². The van der Waals surface area contributed by atoms with E-state index in [9.17, 15) is 10.2 Å². The van der Waals surface area contributed by atoms with Crippen LogP contribution in [0, 0.1) is 0 Å². The highest BCUT2D eigenvalue weighted by atomic mass is 35.5. The summed E-state index contributed by atoms with van der Waals surface area (Å²) in [5.41, 5.74) is 6.22. The molecule has 0 aromatic heterocycles. The summed E-state index contributed by atoms with van der Waals surface area (Å²) >= 11 is 5.73. The van der Waals surface area contributed by atoms with Crippen LogP contribution in [0.25, 0.3) is 0 Å². The van der Waals surface area contributed by atoms with Gasteiger partial charge in [-0.2, -0.15) is 0 Å². The van der Waals surface area contributed by atoms with E-state index in [1.807, 2.05) is 6.92 Å². The molecule has 0 aliphatic rings. The fourth-order valence-electron chi connectivity index (χ4n) is 1.24. The highest BCUT2D eigenvalue weighted by Gasteiger charge is 2.16. The van der Waals surface area contributed by atoms with Gasteiger partial charge in [0, 0.05) is 11.1 Å². The quantitative estimate of drug-likeness (QED) is 0.721. The molecule has 0 saturated heterocycles. The van der Waals surface area contributed by atoms with E-state index in [1.54, 1.807) is 6.07 Å². The van der Waals surface area contributed by atoms with E-state index in [0.717, 1.165) is 0 Å². The Hall–Kier alpha value is -0.770. The maximum absolute atomic E-state index is 9.74. The summed E-state index contributed by atoms with van der Waals surface area (Å²) in [4.78, 5) is 0. The van der Waals surface area contributed by atoms with Gasteiger partial charge in [-0.15, -0.1) is 0 Å². The number of benzene rings is 1. The summed E-state index contributed by atoms with van der Waals surface area (Å²) in [6, 6.07) is 4.14. The lowest BCUT2D eigenvalue weighted by atomic mass is 10.0. The largest absolute Gasteiger partial charge is 0.508 e. The van der Waals surface area contributed by atoms with Crippen LogP contribution in [0.3, 0.4) is 0 Å². The normalized spacial score (nSPS) is 15.1. The first-order chi connectivity index (χ1) is 6.54. The SMILES string of the molecule is CC[C@@H](N)[C@H](O)c1cc(O)cc(Cl)c1. The van der Waals surface area contributed by atoms with E-state index >= 15 is 0 Å².